The lowest BCUT2D eigenvalue weighted by molar-refractivity contribution is 0.281. The zero-order chi connectivity index (χ0) is 10.7. The lowest BCUT2D eigenvalue weighted by atomic mass is 9.79. The second kappa shape index (κ2) is 4.65. The number of pyridine rings is 1. The maximum atomic E-state index is 5.86. The smallest absolute Gasteiger partial charge is 0.126 e. The van der Waals surface area contributed by atoms with Crippen LogP contribution in [0.4, 0.5) is 5.82 Å². The van der Waals surface area contributed by atoms with E-state index in [1.54, 1.807) is 6.20 Å². The maximum absolute atomic E-state index is 5.86. The minimum absolute atomic E-state index is 0.718. The van der Waals surface area contributed by atoms with Gasteiger partial charge in [-0.05, 0) is 36.3 Å². The Morgan fingerprint density at radius 1 is 1.47 bits per heavy atom. The molecule has 2 N–H and O–H groups in total. The third kappa shape index (κ3) is 2.71. The predicted octanol–water partition coefficient (Wildman–Crippen LogP) is 3.03. The van der Waals surface area contributed by atoms with E-state index in [2.05, 4.69) is 18.0 Å². The van der Waals surface area contributed by atoms with Gasteiger partial charge in [0.25, 0.3) is 0 Å². The van der Waals surface area contributed by atoms with Crippen molar-refractivity contribution in [2.75, 3.05) is 5.73 Å². The molecule has 0 spiro atoms. The van der Waals surface area contributed by atoms with Crippen LogP contribution < -0.4 is 5.73 Å². The third-order valence-electron chi connectivity index (χ3n) is 3.48. The lowest BCUT2D eigenvalue weighted by Crippen LogP contribution is -2.16. The van der Waals surface area contributed by atoms with Gasteiger partial charge in [0.2, 0.25) is 0 Å². The molecule has 1 aliphatic carbocycles. The van der Waals surface area contributed by atoms with Gasteiger partial charge >= 0.3 is 0 Å². The summed E-state index contributed by atoms with van der Waals surface area (Å²) in [4.78, 5) is 4.14. The SMILES string of the molecule is CC1CCCC(Cc2cccnc2N)C1. The van der Waals surface area contributed by atoms with E-state index in [1.165, 1.54) is 31.2 Å². The molecule has 0 radical (unpaired) electrons. The molecule has 1 saturated carbocycles. The van der Waals surface area contributed by atoms with Gasteiger partial charge in [0.15, 0.2) is 0 Å². The van der Waals surface area contributed by atoms with E-state index in [0.29, 0.717) is 0 Å². The first kappa shape index (κ1) is 10.5. The van der Waals surface area contributed by atoms with E-state index < -0.39 is 0 Å². The first-order valence-electron chi connectivity index (χ1n) is 5.95. The van der Waals surface area contributed by atoms with E-state index in [4.69, 9.17) is 5.73 Å². The Bertz CT molecular complexity index is 322. The number of nitrogens with two attached hydrogens (primary N) is 1. The Labute approximate surface area is 91.9 Å². The quantitative estimate of drug-likeness (QED) is 0.804. The summed E-state index contributed by atoms with van der Waals surface area (Å²) in [5.74, 6) is 2.43. The van der Waals surface area contributed by atoms with Crippen LogP contribution in [0.5, 0.6) is 0 Å². The monoisotopic (exact) mass is 204 g/mol. The normalized spacial score (nSPS) is 26.5. The van der Waals surface area contributed by atoms with Crippen LogP contribution in [0.2, 0.25) is 0 Å². The zero-order valence-corrected chi connectivity index (χ0v) is 9.45. The summed E-state index contributed by atoms with van der Waals surface area (Å²) in [5.41, 5.74) is 7.09. The second-order valence-corrected chi connectivity index (χ2v) is 4.89. The molecule has 0 aromatic carbocycles. The Balaban J connectivity index is 1.99. The van der Waals surface area contributed by atoms with E-state index in [-0.39, 0.29) is 0 Å². The Kier molecular flexibility index (Phi) is 3.24. The molecule has 0 amide bonds. The van der Waals surface area contributed by atoms with Gasteiger partial charge in [0, 0.05) is 6.20 Å². The van der Waals surface area contributed by atoms with Crippen LogP contribution in [-0.2, 0) is 6.42 Å². The minimum Gasteiger partial charge on any atom is -0.383 e. The third-order valence-corrected chi connectivity index (χ3v) is 3.48. The van der Waals surface area contributed by atoms with Crippen LogP contribution >= 0.6 is 0 Å². The van der Waals surface area contributed by atoms with Crippen LogP contribution in [0.25, 0.3) is 0 Å². The molecule has 1 fully saturated rings. The number of hydrogen-bond acceptors (Lipinski definition) is 2. The van der Waals surface area contributed by atoms with E-state index in [9.17, 15) is 0 Å². The van der Waals surface area contributed by atoms with Gasteiger partial charge in [0.05, 0.1) is 0 Å². The Morgan fingerprint density at radius 2 is 2.33 bits per heavy atom. The Morgan fingerprint density at radius 3 is 3.07 bits per heavy atom. The predicted molar refractivity (Wildman–Crippen MR) is 63.5 cm³/mol. The summed E-state index contributed by atoms with van der Waals surface area (Å²) in [6, 6.07) is 4.10. The van der Waals surface area contributed by atoms with Crippen molar-refractivity contribution in [1.29, 1.82) is 0 Å². The summed E-state index contributed by atoms with van der Waals surface area (Å²) in [5, 5.41) is 0. The van der Waals surface area contributed by atoms with Crippen molar-refractivity contribution >= 4 is 5.82 Å². The van der Waals surface area contributed by atoms with Crippen molar-refractivity contribution < 1.29 is 0 Å². The fraction of sp³-hybridized carbons (Fsp3) is 0.615. The molecule has 1 heterocycles. The molecule has 0 bridgehead atoms. The maximum Gasteiger partial charge on any atom is 0.126 e. The minimum atomic E-state index is 0.718. The van der Waals surface area contributed by atoms with Gasteiger partial charge in [-0.1, -0.05) is 32.3 Å². The fourth-order valence-corrected chi connectivity index (χ4v) is 2.68. The molecule has 82 valence electrons. The standard InChI is InChI=1S/C13H20N2/c1-10-4-2-5-11(8-10)9-12-6-3-7-15-13(12)14/h3,6-7,10-11H,2,4-5,8-9H2,1H3,(H2,14,15). The van der Waals surface area contributed by atoms with Crippen molar-refractivity contribution in [1.82, 2.24) is 4.98 Å². The summed E-state index contributed by atoms with van der Waals surface area (Å²) in [6.45, 7) is 2.36. The number of nitrogens with zero attached hydrogens (tertiary/aromatic N) is 1. The molecule has 2 unspecified atom stereocenters. The van der Waals surface area contributed by atoms with Crippen molar-refractivity contribution in [2.24, 2.45) is 11.8 Å². The highest BCUT2D eigenvalue weighted by Gasteiger charge is 2.19. The highest BCUT2D eigenvalue weighted by atomic mass is 14.8. The number of nitrogen functional groups attached to an aromatic ring is 1. The molecule has 2 heteroatoms. The molecule has 2 atom stereocenters. The van der Waals surface area contributed by atoms with Crippen molar-refractivity contribution in [2.45, 2.75) is 39.0 Å². The molecule has 1 aromatic heterocycles. The number of aromatic nitrogens is 1. The summed E-state index contributed by atoms with van der Waals surface area (Å²) in [7, 11) is 0. The first-order valence-corrected chi connectivity index (χ1v) is 5.95. The van der Waals surface area contributed by atoms with Gasteiger partial charge in [-0.15, -0.1) is 0 Å². The second-order valence-electron chi connectivity index (χ2n) is 4.89. The van der Waals surface area contributed by atoms with E-state index in [1.807, 2.05) is 6.07 Å². The summed E-state index contributed by atoms with van der Waals surface area (Å²) in [6.07, 6.45) is 8.38. The van der Waals surface area contributed by atoms with Gasteiger partial charge in [-0.2, -0.15) is 0 Å². The molecule has 0 saturated heterocycles. The van der Waals surface area contributed by atoms with Crippen molar-refractivity contribution in [3.63, 3.8) is 0 Å². The molecular formula is C13H20N2. The Hall–Kier alpha value is -1.05. The number of hydrogen-bond donors (Lipinski definition) is 1. The van der Waals surface area contributed by atoms with E-state index >= 15 is 0 Å². The summed E-state index contributed by atoms with van der Waals surface area (Å²) >= 11 is 0. The molecule has 1 aromatic rings. The van der Waals surface area contributed by atoms with Crippen molar-refractivity contribution in [3.8, 4) is 0 Å². The largest absolute Gasteiger partial charge is 0.383 e. The van der Waals surface area contributed by atoms with Crippen LogP contribution in [0.3, 0.4) is 0 Å². The first-order chi connectivity index (χ1) is 7.25. The van der Waals surface area contributed by atoms with Crippen molar-refractivity contribution in [3.05, 3.63) is 23.9 Å². The average Bonchev–Trinajstić information content (AvgIpc) is 2.22. The van der Waals surface area contributed by atoms with Crippen LogP contribution in [0.1, 0.15) is 38.2 Å². The fourth-order valence-electron chi connectivity index (χ4n) is 2.68. The van der Waals surface area contributed by atoms with Crippen LogP contribution in [-0.4, -0.2) is 4.98 Å². The molecule has 1 aliphatic rings. The topological polar surface area (TPSA) is 38.9 Å². The lowest BCUT2D eigenvalue weighted by Gasteiger charge is -2.26. The van der Waals surface area contributed by atoms with Gasteiger partial charge < -0.3 is 5.73 Å². The molecular weight excluding hydrogens is 184 g/mol. The zero-order valence-electron chi connectivity index (χ0n) is 9.45. The average molecular weight is 204 g/mol. The van der Waals surface area contributed by atoms with Gasteiger partial charge in [-0.3, -0.25) is 0 Å². The van der Waals surface area contributed by atoms with Crippen LogP contribution in [0, 0.1) is 11.8 Å². The molecule has 2 rings (SSSR count). The van der Waals surface area contributed by atoms with Gasteiger partial charge in [0.1, 0.15) is 5.82 Å². The number of anilines is 1. The molecule has 15 heavy (non-hydrogen) atoms. The van der Waals surface area contributed by atoms with Gasteiger partial charge in [-0.25, -0.2) is 4.98 Å². The molecule has 2 nitrogen and oxygen atoms in total. The summed E-state index contributed by atoms with van der Waals surface area (Å²) < 4.78 is 0. The van der Waals surface area contributed by atoms with E-state index in [0.717, 1.165) is 24.1 Å². The highest BCUT2D eigenvalue weighted by Crippen LogP contribution is 2.31. The molecule has 0 aliphatic heterocycles. The van der Waals surface area contributed by atoms with Crippen LogP contribution in [0.15, 0.2) is 18.3 Å². The highest BCUT2D eigenvalue weighted by molar-refractivity contribution is 5.38. The number of rotatable bonds is 2.